The summed E-state index contributed by atoms with van der Waals surface area (Å²) in [4.78, 5) is 8.38. The Kier molecular flexibility index (Phi) is 3.25. The van der Waals surface area contributed by atoms with Crippen molar-refractivity contribution in [3.05, 3.63) is 54.4 Å². The van der Waals surface area contributed by atoms with Gasteiger partial charge in [0.25, 0.3) is 5.89 Å². The van der Waals surface area contributed by atoms with Crippen LogP contribution in [0.25, 0.3) is 22.8 Å². The van der Waals surface area contributed by atoms with Crippen LogP contribution in [-0.4, -0.2) is 15.1 Å². The summed E-state index contributed by atoms with van der Waals surface area (Å²) in [5.74, 6) is 1.51. The SMILES string of the molecule is ClCc1ccc(-c2nc(-c3cccnc3)no2)cc1. The zero-order valence-electron chi connectivity index (χ0n) is 9.95. The maximum Gasteiger partial charge on any atom is 0.258 e. The summed E-state index contributed by atoms with van der Waals surface area (Å²) < 4.78 is 5.26. The molecule has 0 spiro atoms. The lowest BCUT2D eigenvalue weighted by Gasteiger charge is -1.96. The van der Waals surface area contributed by atoms with Crippen LogP contribution in [-0.2, 0) is 5.88 Å². The van der Waals surface area contributed by atoms with Crippen molar-refractivity contribution in [3.63, 3.8) is 0 Å². The topological polar surface area (TPSA) is 51.8 Å². The molecule has 0 unspecified atom stereocenters. The number of benzene rings is 1. The van der Waals surface area contributed by atoms with Gasteiger partial charge in [-0.2, -0.15) is 4.98 Å². The molecule has 0 N–H and O–H groups in total. The molecule has 0 atom stereocenters. The maximum absolute atomic E-state index is 5.75. The van der Waals surface area contributed by atoms with Crippen LogP contribution >= 0.6 is 11.6 Å². The minimum absolute atomic E-state index is 0.486. The third-order valence-corrected chi connectivity index (χ3v) is 3.01. The number of rotatable bonds is 3. The maximum atomic E-state index is 5.75. The molecule has 2 aromatic heterocycles. The van der Waals surface area contributed by atoms with Crippen molar-refractivity contribution in [1.82, 2.24) is 15.1 Å². The van der Waals surface area contributed by atoms with Crippen molar-refractivity contribution in [2.24, 2.45) is 0 Å². The van der Waals surface area contributed by atoms with E-state index in [9.17, 15) is 0 Å². The fourth-order valence-corrected chi connectivity index (χ4v) is 1.87. The molecule has 0 aliphatic carbocycles. The first kappa shape index (κ1) is 11.9. The van der Waals surface area contributed by atoms with Gasteiger partial charge in [-0.25, -0.2) is 0 Å². The van der Waals surface area contributed by atoms with Crippen LogP contribution in [0, 0.1) is 0 Å². The standard InChI is InChI=1S/C14H10ClN3O/c15-8-10-3-5-11(6-4-10)14-17-13(18-19-14)12-2-1-7-16-9-12/h1-7,9H,8H2. The Bertz CT molecular complexity index is 665. The molecule has 0 radical (unpaired) electrons. The van der Waals surface area contributed by atoms with E-state index in [0.717, 1.165) is 16.7 Å². The van der Waals surface area contributed by atoms with Crippen LogP contribution in [0.15, 0.2) is 53.3 Å². The Balaban J connectivity index is 1.92. The number of halogens is 1. The highest BCUT2D eigenvalue weighted by Crippen LogP contribution is 2.22. The third-order valence-electron chi connectivity index (χ3n) is 2.70. The Hall–Kier alpha value is -2.20. The second kappa shape index (κ2) is 5.20. The van der Waals surface area contributed by atoms with Crippen molar-refractivity contribution in [2.45, 2.75) is 5.88 Å². The lowest BCUT2D eigenvalue weighted by Crippen LogP contribution is -1.83. The van der Waals surface area contributed by atoms with Gasteiger partial charge in [-0.3, -0.25) is 4.98 Å². The number of hydrogen-bond acceptors (Lipinski definition) is 4. The third kappa shape index (κ3) is 2.48. The molecule has 3 aromatic rings. The van der Waals surface area contributed by atoms with E-state index in [-0.39, 0.29) is 0 Å². The van der Waals surface area contributed by atoms with E-state index >= 15 is 0 Å². The molecule has 0 aliphatic heterocycles. The highest BCUT2D eigenvalue weighted by atomic mass is 35.5. The van der Waals surface area contributed by atoms with E-state index in [1.165, 1.54) is 0 Å². The average molecular weight is 272 g/mol. The summed E-state index contributed by atoms with van der Waals surface area (Å²) in [6, 6.07) is 11.4. The minimum Gasteiger partial charge on any atom is -0.334 e. The Morgan fingerprint density at radius 1 is 1.05 bits per heavy atom. The molecule has 19 heavy (non-hydrogen) atoms. The van der Waals surface area contributed by atoms with E-state index < -0.39 is 0 Å². The van der Waals surface area contributed by atoms with Crippen molar-refractivity contribution in [3.8, 4) is 22.8 Å². The number of pyridine rings is 1. The fraction of sp³-hybridized carbons (Fsp3) is 0.0714. The van der Waals surface area contributed by atoms with Crippen LogP contribution in [0.5, 0.6) is 0 Å². The largest absolute Gasteiger partial charge is 0.334 e. The van der Waals surface area contributed by atoms with E-state index in [1.54, 1.807) is 12.4 Å². The van der Waals surface area contributed by atoms with Crippen molar-refractivity contribution < 1.29 is 4.52 Å². The molecule has 4 nitrogen and oxygen atoms in total. The fourth-order valence-electron chi connectivity index (χ4n) is 1.69. The lowest BCUT2D eigenvalue weighted by atomic mass is 10.1. The second-order valence-electron chi connectivity index (χ2n) is 4.00. The first-order chi connectivity index (χ1) is 9.36. The first-order valence-electron chi connectivity index (χ1n) is 5.76. The quantitative estimate of drug-likeness (QED) is 0.684. The number of hydrogen-bond donors (Lipinski definition) is 0. The molecule has 0 aliphatic rings. The lowest BCUT2D eigenvalue weighted by molar-refractivity contribution is 0.432. The van der Waals surface area contributed by atoms with Gasteiger partial charge in [-0.05, 0) is 29.8 Å². The normalized spacial score (nSPS) is 10.6. The highest BCUT2D eigenvalue weighted by molar-refractivity contribution is 6.17. The van der Waals surface area contributed by atoms with Gasteiger partial charge in [0.1, 0.15) is 0 Å². The molecule has 0 bridgehead atoms. The Morgan fingerprint density at radius 2 is 1.89 bits per heavy atom. The summed E-state index contributed by atoms with van der Waals surface area (Å²) in [7, 11) is 0. The summed E-state index contributed by atoms with van der Waals surface area (Å²) in [5, 5.41) is 3.95. The van der Waals surface area contributed by atoms with Gasteiger partial charge < -0.3 is 4.52 Å². The van der Waals surface area contributed by atoms with E-state index in [1.807, 2.05) is 36.4 Å². The minimum atomic E-state index is 0.486. The van der Waals surface area contributed by atoms with Gasteiger partial charge in [-0.15, -0.1) is 11.6 Å². The van der Waals surface area contributed by atoms with Gasteiger partial charge in [0.2, 0.25) is 5.82 Å². The van der Waals surface area contributed by atoms with E-state index in [0.29, 0.717) is 17.6 Å². The van der Waals surface area contributed by atoms with E-state index in [4.69, 9.17) is 16.1 Å². The molecule has 0 saturated heterocycles. The molecule has 0 amide bonds. The van der Waals surface area contributed by atoms with Crippen LogP contribution in [0.4, 0.5) is 0 Å². The molecular weight excluding hydrogens is 262 g/mol. The van der Waals surface area contributed by atoms with Crippen molar-refractivity contribution in [2.75, 3.05) is 0 Å². The van der Waals surface area contributed by atoms with Crippen LogP contribution < -0.4 is 0 Å². The van der Waals surface area contributed by atoms with Crippen molar-refractivity contribution in [1.29, 1.82) is 0 Å². The Morgan fingerprint density at radius 3 is 2.58 bits per heavy atom. The molecule has 0 fully saturated rings. The summed E-state index contributed by atoms with van der Waals surface area (Å²) >= 11 is 5.75. The summed E-state index contributed by atoms with van der Waals surface area (Å²) in [6.07, 6.45) is 3.40. The summed E-state index contributed by atoms with van der Waals surface area (Å²) in [6.45, 7) is 0. The zero-order chi connectivity index (χ0) is 13.1. The second-order valence-corrected chi connectivity index (χ2v) is 4.26. The van der Waals surface area contributed by atoms with Gasteiger partial charge >= 0.3 is 0 Å². The number of nitrogens with zero attached hydrogens (tertiary/aromatic N) is 3. The molecule has 0 saturated carbocycles. The molecule has 5 heteroatoms. The zero-order valence-corrected chi connectivity index (χ0v) is 10.7. The molecular formula is C14H10ClN3O. The van der Waals surface area contributed by atoms with Crippen LogP contribution in [0.3, 0.4) is 0 Å². The molecule has 94 valence electrons. The molecule has 1 aromatic carbocycles. The predicted molar refractivity (Wildman–Crippen MR) is 72.5 cm³/mol. The monoisotopic (exact) mass is 271 g/mol. The van der Waals surface area contributed by atoms with Gasteiger partial charge in [-0.1, -0.05) is 17.3 Å². The Labute approximate surface area is 115 Å². The van der Waals surface area contributed by atoms with E-state index in [2.05, 4.69) is 15.1 Å². The van der Waals surface area contributed by atoms with Gasteiger partial charge in [0.05, 0.1) is 0 Å². The van der Waals surface area contributed by atoms with Crippen LogP contribution in [0.2, 0.25) is 0 Å². The van der Waals surface area contributed by atoms with Crippen molar-refractivity contribution >= 4 is 11.6 Å². The smallest absolute Gasteiger partial charge is 0.258 e. The molecule has 2 heterocycles. The average Bonchev–Trinajstić information content (AvgIpc) is 2.98. The predicted octanol–water partition coefficient (Wildman–Crippen LogP) is 3.54. The van der Waals surface area contributed by atoms with Gasteiger partial charge in [0, 0.05) is 29.4 Å². The highest BCUT2D eigenvalue weighted by Gasteiger charge is 2.10. The summed E-state index contributed by atoms with van der Waals surface area (Å²) in [5.41, 5.74) is 2.75. The van der Waals surface area contributed by atoms with Gasteiger partial charge in [0.15, 0.2) is 0 Å². The number of alkyl halides is 1. The van der Waals surface area contributed by atoms with Crippen LogP contribution in [0.1, 0.15) is 5.56 Å². The first-order valence-corrected chi connectivity index (χ1v) is 6.29. The number of aromatic nitrogens is 3. The molecule has 3 rings (SSSR count).